The lowest BCUT2D eigenvalue weighted by Crippen LogP contribution is -2.29. The van der Waals surface area contributed by atoms with Crippen LogP contribution in [0, 0.1) is 0 Å². The summed E-state index contributed by atoms with van der Waals surface area (Å²) in [7, 11) is 5.90. The van der Waals surface area contributed by atoms with Gasteiger partial charge in [0.1, 0.15) is 0 Å². The summed E-state index contributed by atoms with van der Waals surface area (Å²) < 4.78 is 0. The van der Waals surface area contributed by atoms with E-state index in [1.807, 2.05) is 39.3 Å². The molecule has 1 aromatic carbocycles. The first-order valence-corrected chi connectivity index (χ1v) is 6.14. The normalized spacial score (nSPS) is 10.6. The quantitative estimate of drug-likeness (QED) is 0.810. The maximum atomic E-state index is 12.1. The second kappa shape index (κ2) is 6.67. The molecule has 0 atom stereocenters. The number of benzene rings is 1. The van der Waals surface area contributed by atoms with Crippen molar-refractivity contribution >= 4 is 18.5 Å². The first kappa shape index (κ1) is 14.1. The molecular formula is C13H20N2OS. The van der Waals surface area contributed by atoms with E-state index in [2.05, 4.69) is 17.5 Å². The van der Waals surface area contributed by atoms with E-state index in [0.29, 0.717) is 5.56 Å². The van der Waals surface area contributed by atoms with Crippen molar-refractivity contribution in [3.63, 3.8) is 0 Å². The van der Waals surface area contributed by atoms with Crippen LogP contribution in [0.5, 0.6) is 0 Å². The van der Waals surface area contributed by atoms with Gasteiger partial charge in [0.25, 0.3) is 5.91 Å². The van der Waals surface area contributed by atoms with Crippen LogP contribution in [0.25, 0.3) is 0 Å². The predicted octanol–water partition coefficient (Wildman–Crippen LogP) is 2.00. The van der Waals surface area contributed by atoms with Gasteiger partial charge in [-0.15, -0.1) is 12.6 Å². The third-order valence-corrected chi connectivity index (χ3v) is 2.82. The molecule has 1 rings (SSSR count). The van der Waals surface area contributed by atoms with Crippen molar-refractivity contribution in [2.75, 3.05) is 34.2 Å². The Balaban J connectivity index is 2.52. The van der Waals surface area contributed by atoms with Gasteiger partial charge >= 0.3 is 0 Å². The van der Waals surface area contributed by atoms with Gasteiger partial charge in [0.15, 0.2) is 0 Å². The summed E-state index contributed by atoms with van der Waals surface area (Å²) in [5, 5.41) is 0. The molecule has 0 saturated carbocycles. The molecule has 1 amide bonds. The van der Waals surface area contributed by atoms with Crippen LogP contribution in [0.3, 0.4) is 0 Å². The molecule has 94 valence electrons. The van der Waals surface area contributed by atoms with Gasteiger partial charge < -0.3 is 9.80 Å². The van der Waals surface area contributed by atoms with Gasteiger partial charge in [-0.1, -0.05) is 6.07 Å². The molecule has 0 aliphatic carbocycles. The van der Waals surface area contributed by atoms with Crippen molar-refractivity contribution in [2.24, 2.45) is 0 Å². The van der Waals surface area contributed by atoms with Gasteiger partial charge in [-0.05, 0) is 45.3 Å². The van der Waals surface area contributed by atoms with Crippen LogP contribution in [-0.2, 0) is 0 Å². The Kier molecular flexibility index (Phi) is 5.51. The van der Waals surface area contributed by atoms with Gasteiger partial charge in [0.05, 0.1) is 0 Å². The third-order valence-electron chi connectivity index (χ3n) is 2.54. The highest BCUT2D eigenvalue weighted by Gasteiger charge is 2.11. The summed E-state index contributed by atoms with van der Waals surface area (Å²) in [6, 6.07) is 7.34. The fourth-order valence-electron chi connectivity index (χ4n) is 1.58. The van der Waals surface area contributed by atoms with Crippen LogP contribution in [0.2, 0.25) is 0 Å². The molecular weight excluding hydrogens is 232 g/mol. The van der Waals surface area contributed by atoms with Crippen molar-refractivity contribution in [3.8, 4) is 0 Å². The third kappa shape index (κ3) is 4.79. The summed E-state index contributed by atoms with van der Waals surface area (Å²) in [6.45, 7) is 1.76. The number of rotatable bonds is 5. The minimum atomic E-state index is 0.0552. The van der Waals surface area contributed by atoms with Crippen LogP contribution >= 0.6 is 12.6 Å². The number of carbonyl (C=O) groups excluding carboxylic acids is 1. The largest absolute Gasteiger partial charge is 0.342 e. The topological polar surface area (TPSA) is 23.6 Å². The minimum absolute atomic E-state index is 0.0552. The molecule has 0 heterocycles. The van der Waals surface area contributed by atoms with Gasteiger partial charge in [0.2, 0.25) is 0 Å². The Morgan fingerprint density at radius 2 is 1.94 bits per heavy atom. The monoisotopic (exact) mass is 252 g/mol. The van der Waals surface area contributed by atoms with Gasteiger partial charge in [-0.2, -0.15) is 0 Å². The smallest absolute Gasteiger partial charge is 0.253 e. The fraction of sp³-hybridized carbons (Fsp3) is 0.462. The molecule has 0 saturated heterocycles. The van der Waals surface area contributed by atoms with Crippen LogP contribution in [-0.4, -0.2) is 49.9 Å². The maximum Gasteiger partial charge on any atom is 0.253 e. The Hall–Kier alpha value is -1.00. The lowest BCUT2D eigenvalue weighted by Gasteiger charge is -2.18. The highest BCUT2D eigenvalue weighted by atomic mass is 32.1. The predicted molar refractivity (Wildman–Crippen MR) is 73.8 cm³/mol. The van der Waals surface area contributed by atoms with Crippen molar-refractivity contribution in [3.05, 3.63) is 29.8 Å². The number of hydrogen-bond donors (Lipinski definition) is 1. The number of hydrogen-bond acceptors (Lipinski definition) is 3. The molecule has 0 aliphatic rings. The standard InChI is InChI=1S/C13H20N2OS/c1-14(2)8-5-9-15(3)13(16)11-6-4-7-12(17)10-11/h4,6-7,10,17H,5,8-9H2,1-3H3. The summed E-state index contributed by atoms with van der Waals surface area (Å²) >= 11 is 4.24. The summed E-state index contributed by atoms with van der Waals surface area (Å²) in [4.78, 5) is 16.7. The van der Waals surface area contributed by atoms with E-state index in [1.54, 1.807) is 11.0 Å². The number of amides is 1. The van der Waals surface area contributed by atoms with Crippen molar-refractivity contribution in [1.29, 1.82) is 0 Å². The molecule has 0 fully saturated rings. The van der Waals surface area contributed by atoms with Crippen molar-refractivity contribution in [2.45, 2.75) is 11.3 Å². The van der Waals surface area contributed by atoms with E-state index < -0.39 is 0 Å². The summed E-state index contributed by atoms with van der Waals surface area (Å²) in [5.41, 5.74) is 0.699. The van der Waals surface area contributed by atoms with Crippen LogP contribution in [0.4, 0.5) is 0 Å². The van der Waals surface area contributed by atoms with Crippen LogP contribution in [0.15, 0.2) is 29.2 Å². The zero-order valence-electron chi connectivity index (χ0n) is 10.7. The van der Waals surface area contributed by atoms with Crippen LogP contribution in [0.1, 0.15) is 16.8 Å². The molecule has 0 spiro atoms. The number of carbonyl (C=O) groups is 1. The second-order valence-corrected chi connectivity index (χ2v) is 4.95. The average molecular weight is 252 g/mol. The molecule has 0 bridgehead atoms. The average Bonchev–Trinajstić information content (AvgIpc) is 2.27. The SMILES string of the molecule is CN(C)CCCN(C)C(=O)c1cccc(S)c1. The number of thiol groups is 1. The zero-order chi connectivity index (χ0) is 12.8. The Bertz CT molecular complexity index is 379. The molecule has 0 aromatic heterocycles. The Morgan fingerprint density at radius 3 is 2.53 bits per heavy atom. The van der Waals surface area contributed by atoms with E-state index in [0.717, 1.165) is 24.4 Å². The van der Waals surface area contributed by atoms with Crippen LogP contribution < -0.4 is 0 Å². The van der Waals surface area contributed by atoms with E-state index in [4.69, 9.17) is 0 Å². The molecule has 0 radical (unpaired) electrons. The first-order valence-electron chi connectivity index (χ1n) is 5.70. The Morgan fingerprint density at radius 1 is 1.24 bits per heavy atom. The molecule has 17 heavy (non-hydrogen) atoms. The number of nitrogens with zero attached hydrogens (tertiary/aromatic N) is 2. The van der Waals surface area contributed by atoms with E-state index in [-0.39, 0.29) is 5.91 Å². The molecule has 0 aliphatic heterocycles. The van der Waals surface area contributed by atoms with Crippen molar-refractivity contribution in [1.82, 2.24) is 9.80 Å². The molecule has 0 N–H and O–H groups in total. The first-order chi connectivity index (χ1) is 8.00. The van der Waals surface area contributed by atoms with Crippen molar-refractivity contribution < 1.29 is 4.79 Å². The van der Waals surface area contributed by atoms with E-state index in [1.165, 1.54) is 0 Å². The summed E-state index contributed by atoms with van der Waals surface area (Å²) in [6.07, 6.45) is 0.982. The minimum Gasteiger partial charge on any atom is -0.342 e. The van der Waals surface area contributed by atoms with Gasteiger partial charge in [0, 0.05) is 24.1 Å². The molecule has 4 heteroatoms. The zero-order valence-corrected chi connectivity index (χ0v) is 11.6. The second-order valence-electron chi connectivity index (χ2n) is 4.43. The summed E-state index contributed by atoms with van der Waals surface area (Å²) in [5.74, 6) is 0.0552. The van der Waals surface area contributed by atoms with E-state index >= 15 is 0 Å². The molecule has 3 nitrogen and oxygen atoms in total. The Labute approximate surface area is 109 Å². The maximum absolute atomic E-state index is 12.1. The fourth-order valence-corrected chi connectivity index (χ4v) is 1.81. The lowest BCUT2D eigenvalue weighted by molar-refractivity contribution is 0.0790. The van der Waals surface area contributed by atoms with E-state index in [9.17, 15) is 4.79 Å². The molecule has 0 unspecified atom stereocenters. The van der Waals surface area contributed by atoms with Gasteiger partial charge in [-0.25, -0.2) is 0 Å². The highest BCUT2D eigenvalue weighted by Crippen LogP contribution is 2.10. The van der Waals surface area contributed by atoms with Gasteiger partial charge in [-0.3, -0.25) is 4.79 Å². The molecule has 1 aromatic rings. The highest BCUT2D eigenvalue weighted by molar-refractivity contribution is 7.80. The lowest BCUT2D eigenvalue weighted by atomic mass is 10.2.